The van der Waals surface area contributed by atoms with Crippen LogP contribution in [0.5, 0.6) is 0 Å². The van der Waals surface area contributed by atoms with E-state index >= 15 is 0 Å². The van der Waals surface area contributed by atoms with Crippen molar-refractivity contribution in [2.24, 2.45) is 0 Å². The Morgan fingerprint density at radius 3 is 2.58 bits per heavy atom. The minimum atomic E-state index is -0.289. The summed E-state index contributed by atoms with van der Waals surface area (Å²) in [4.78, 5) is 6.93. The molecular weight excluding hydrogens is 259 g/mol. The number of pyridine rings is 1. The molecule has 1 N–H and O–H groups in total. The van der Waals surface area contributed by atoms with Crippen LogP contribution in [-0.4, -0.2) is 11.5 Å². The summed E-state index contributed by atoms with van der Waals surface area (Å²) in [6.07, 6.45) is 3.26. The van der Waals surface area contributed by atoms with Gasteiger partial charge in [0, 0.05) is 16.2 Å². The molecule has 0 aliphatic carbocycles. The van der Waals surface area contributed by atoms with Gasteiger partial charge in [-0.3, -0.25) is 4.98 Å². The van der Waals surface area contributed by atoms with Gasteiger partial charge in [-0.05, 0) is 37.2 Å². The molecule has 2 heterocycles. The molecule has 4 heteroatoms. The van der Waals surface area contributed by atoms with Gasteiger partial charge in [0.25, 0.3) is 0 Å². The first-order valence-corrected chi connectivity index (χ1v) is 7.47. The highest BCUT2D eigenvalue weighted by atomic mass is 32.1. The zero-order valence-corrected chi connectivity index (χ0v) is 12.1. The Bertz CT molecular complexity index is 507. The summed E-state index contributed by atoms with van der Waals surface area (Å²) in [5.74, 6) is -0.289. The summed E-state index contributed by atoms with van der Waals surface area (Å²) < 4.78 is 12.9. The van der Waals surface area contributed by atoms with E-state index in [4.69, 9.17) is 0 Å². The molecular formula is C15H19FN2S. The van der Waals surface area contributed by atoms with E-state index in [-0.39, 0.29) is 11.9 Å². The van der Waals surface area contributed by atoms with Crippen LogP contribution in [0.15, 0.2) is 30.5 Å². The Hall–Kier alpha value is -1.26. The number of thiophene rings is 1. The number of halogens is 1. The predicted molar refractivity (Wildman–Crippen MR) is 78.0 cm³/mol. The van der Waals surface area contributed by atoms with Crippen molar-refractivity contribution in [3.05, 3.63) is 51.7 Å². The first-order chi connectivity index (χ1) is 9.22. The monoisotopic (exact) mass is 278 g/mol. The fourth-order valence-electron chi connectivity index (χ4n) is 2.04. The number of likely N-dealkylation sites (N-methyl/N-ethyl adjacent to an activating group) is 1. The second kappa shape index (κ2) is 6.78. The highest BCUT2D eigenvalue weighted by Crippen LogP contribution is 2.23. The van der Waals surface area contributed by atoms with Gasteiger partial charge in [-0.25, -0.2) is 4.39 Å². The second-order valence-electron chi connectivity index (χ2n) is 4.44. The molecule has 102 valence electrons. The van der Waals surface area contributed by atoms with Crippen molar-refractivity contribution < 1.29 is 4.39 Å². The van der Waals surface area contributed by atoms with Crippen molar-refractivity contribution in [1.82, 2.24) is 10.3 Å². The van der Waals surface area contributed by atoms with E-state index in [0.29, 0.717) is 0 Å². The lowest BCUT2D eigenvalue weighted by molar-refractivity contribution is 0.535. The molecule has 0 aliphatic rings. The van der Waals surface area contributed by atoms with E-state index in [1.165, 1.54) is 22.0 Å². The van der Waals surface area contributed by atoms with Crippen LogP contribution in [0.2, 0.25) is 0 Å². The average molecular weight is 278 g/mol. The fourth-order valence-corrected chi connectivity index (χ4v) is 3.05. The summed E-state index contributed by atoms with van der Waals surface area (Å²) >= 11 is 1.84. The Morgan fingerprint density at radius 1 is 1.21 bits per heavy atom. The number of aromatic nitrogens is 1. The van der Waals surface area contributed by atoms with Gasteiger partial charge in [0.05, 0.1) is 17.9 Å². The molecule has 0 spiro atoms. The maximum Gasteiger partial charge on any atom is 0.141 e. The molecule has 0 aromatic carbocycles. The topological polar surface area (TPSA) is 24.9 Å². The third-order valence-corrected chi connectivity index (χ3v) is 4.28. The predicted octanol–water partition coefficient (Wildman–Crippen LogP) is 3.74. The third-order valence-electron chi connectivity index (χ3n) is 3.03. The van der Waals surface area contributed by atoms with Crippen LogP contribution in [0, 0.1) is 5.82 Å². The molecule has 0 saturated carbocycles. The number of aryl methyl sites for hydroxylation is 1. The van der Waals surface area contributed by atoms with Crippen LogP contribution in [0.1, 0.15) is 35.3 Å². The largest absolute Gasteiger partial charge is 0.309 e. The molecule has 0 radical (unpaired) electrons. The number of nitrogens with one attached hydrogen (secondary N) is 1. The van der Waals surface area contributed by atoms with E-state index in [1.807, 2.05) is 11.3 Å². The minimum absolute atomic E-state index is 0.147. The minimum Gasteiger partial charge on any atom is -0.309 e. The molecule has 2 rings (SSSR count). The van der Waals surface area contributed by atoms with E-state index in [9.17, 15) is 4.39 Å². The molecule has 2 aromatic rings. The molecule has 0 aliphatic heterocycles. The standard InChI is InChI=1S/C15H19FN2S/c1-3-12-6-7-13(19-12)9-15(17-4-2)14-8-5-11(16)10-18-14/h5-8,10,15,17H,3-4,9H2,1-2H3. The van der Waals surface area contributed by atoms with E-state index in [2.05, 4.69) is 36.3 Å². The molecule has 0 bridgehead atoms. The van der Waals surface area contributed by atoms with Crippen molar-refractivity contribution in [2.45, 2.75) is 32.7 Å². The van der Waals surface area contributed by atoms with Crippen LogP contribution in [-0.2, 0) is 12.8 Å². The smallest absolute Gasteiger partial charge is 0.141 e. The summed E-state index contributed by atoms with van der Waals surface area (Å²) in [6, 6.07) is 7.74. The van der Waals surface area contributed by atoms with Crippen LogP contribution in [0.3, 0.4) is 0 Å². The lowest BCUT2D eigenvalue weighted by Gasteiger charge is -2.16. The molecule has 1 atom stereocenters. The first-order valence-electron chi connectivity index (χ1n) is 6.65. The van der Waals surface area contributed by atoms with Gasteiger partial charge in [0.2, 0.25) is 0 Å². The highest BCUT2D eigenvalue weighted by molar-refractivity contribution is 7.11. The maximum absolute atomic E-state index is 12.9. The van der Waals surface area contributed by atoms with Gasteiger partial charge in [-0.15, -0.1) is 11.3 Å². The summed E-state index contributed by atoms with van der Waals surface area (Å²) in [7, 11) is 0. The van der Waals surface area contributed by atoms with Gasteiger partial charge in [0.1, 0.15) is 5.82 Å². The van der Waals surface area contributed by atoms with E-state index in [0.717, 1.165) is 25.1 Å². The van der Waals surface area contributed by atoms with Crippen molar-refractivity contribution in [1.29, 1.82) is 0 Å². The maximum atomic E-state index is 12.9. The molecule has 2 aromatic heterocycles. The van der Waals surface area contributed by atoms with Crippen molar-refractivity contribution in [2.75, 3.05) is 6.54 Å². The molecule has 0 saturated heterocycles. The Morgan fingerprint density at radius 2 is 2.00 bits per heavy atom. The number of rotatable bonds is 6. The zero-order chi connectivity index (χ0) is 13.7. The zero-order valence-electron chi connectivity index (χ0n) is 11.3. The van der Waals surface area contributed by atoms with Crippen LogP contribution in [0.25, 0.3) is 0 Å². The van der Waals surface area contributed by atoms with Crippen LogP contribution in [0.4, 0.5) is 4.39 Å². The Balaban J connectivity index is 2.13. The first kappa shape index (κ1) is 14.2. The van der Waals surface area contributed by atoms with Gasteiger partial charge >= 0.3 is 0 Å². The van der Waals surface area contributed by atoms with Gasteiger partial charge < -0.3 is 5.32 Å². The number of hydrogen-bond donors (Lipinski definition) is 1. The molecule has 0 amide bonds. The molecule has 19 heavy (non-hydrogen) atoms. The highest BCUT2D eigenvalue weighted by Gasteiger charge is 2.13. The van der Waals surface area contributed by atoms with Crippen LogP contribution >= 0.6 is 11.3 Å². The van der Waals surface area contributed by atoms with Gasteiger partial charge in [-0.1, -0.05) is 13.8 Å². The lowest BCUT2D eigenvalue weighted by Crippen LogP contribution is -2.23. The summed E-state index contributed by atoms with van der Waals surface area (Å²) in [5, 5.41) is 3.42. The number of hydrogen-bond acceptors (Lipinski definition) is 3. The van der Waals surface area contributed by atoms with Gasteiger partial charge in [-0.2, -0.15) is 0 Å². The van der Waals surface area contributed by atoms with Crippen molar-refractivity contribution in [3.8, 4) is 0 Å². The normalized spacial score (nSPS) is 12.6. The molecule has 0 fully saturated rings. The summed E-state index contributed by atoms with van der Waals surface area (Å²) in [6.45, 7) is 5.11. The van der Waals surface area contributed by atoms with Crippen molar-refractivity contribution >= 4 is 11.3 Å². The Labute approximate surface area is 117 Å². The SMILES string of the molecule is CCNC(Cc1ccc(CC)s1)c1ccc(F)cn1. The third kappa shape index (κ3) is 3.85. The number of nitrogens with zero attached hydrogens (tertiary/aromatic N) is 1. The lowest BCUT2D eigenvalue weighted by atomic mass is 10.1. The second-order valence-corrected chi connectivity index (χ2v) is 5.69. The van der Waals surface area contributed by atoms with E-state index in [1.54, 1.807) is 6.07 Å². The fraction of sp³-hybridized carbons (Fsp3) is 0.400. The molecule has 1 unspecified atom stereocenters. The quantitative estimate of drug-likeness (QED) is 0.870. The Kier molecular flexibility index (Phi) is 5.05. The summed E-state index contributed by atoms with van der Waals surface area (Å²) in [5.41, 5.74) is 0.898. The molecule has 2 nitrogen and oxygen atoms in total. The average Bonchev–Trinajstić information content (AvgIpc) is 2.87. The van der Waals surface area contributed by atoms with Crippen LogP contribution < -0.4 is 5.32 Å². The van der Waals surface area contributed by atoms with E-state index < -0.39 is 0 Å². The van der Waals surface area contributed by atoms with Crippen molar-refractivity contribution in [3.63, 3.8) is 0 Å². The van der Waals surface area contributed by atoms with Gasteiger partial charge in [0.15, 0.2) is 0 Å².